The first-order valence-corrected chi connectivity index (χ1v) is 7.22. The van der Waals surface area contributed by atoms with Crippen molar-refractivity contribution >= 4 is 35.0 Å². The van der Waals surface area contributed by atoms with Gasteiger partial charge >= 0.3 is 0 Å². The quantitative estimate of drug-likeness (QED) is 0.806. The van der Waals surface area contributed by atoms with Gasteiger partial charge in [0.2, 0.25) is 0 Å². The molecule has 0 saturated carbocycles. The molecule has 1 aromatic rings. The maximum Gasteiger partial charge on any atom is 0.0603 e. The molecule has 0 radical (unpaired) electrons. The van der Waals surface area contributed by atoms with Crippen LogP contribution in [0.4, 0.5) is 0 Å². The van der Waals surface area contributed by atoms with Gasteiger partial charge in [0.05, 0.1) is 10.0 Å². The average Bonchev–Trinajstić information content (AvgIpc) is 2.17. The van der Waals surface area contributed by atoms with Crippen LogP contribution in [-0.4, -0.2) is 11.3 Å². The van der Waals surface area contributed by atoms with Crippen molar-refractivity contribution in [2.75, 3.05) is 0 Å². The third-order valence-corrected chi connectivity index (χ3v) is 5.14. The van der Waals surface area contributed by atoms with Gasteiger partial charge in [0.25, 0.3) is 0 Å². The highest BCUT2D eigenvalue weighted by Crippen LogP contribution is 2.38. The van der Waals surface area contributed by atoms with Crippen LogP contribution in [0.25, 0.3) is 0 Å². The van der Waals surface area contributed by atoms with Gasteiger partial charge < -0.3 is 5.73 Å². The fraction of sp³-hybridized carbons (Fsp3) is 0.538. The second-order valence-corrected chi connectivity index (χ2v) is 7.37. The lowest BCUT2D eigenvalue weighted by Crippen LogP contribution is -2.38. The van der Waals surface area contributed by atoms with E-state index in [1.807, 2.05) is 25.1 Å². The molecule has 2 N–H and O–H groups in total. The molecule has 0 bridgehead atoms. The van der Waals surface area contributed by atoms with Gasteiger partial charge in [0, 0.05) is 16.2 Å². The number of hydrogen-bond donors (Lipinski definition) is 1. The summed E-state index contributed by atoms with van der Waals surface area (Å²) in [6.45, 7) is 8.64. The first-order valence-electron chi connectivity index (χ1n) is 5.59. The maximum atomic E-state index is 6.06. The molecule has 2 atom stereocenters. The van der Waals surface area contributed by atoms with E-state index in [4.69, 9.17) is 28.9 Å². The summed E-state index contributed by atoms with van der Waals surface area (Å²) >= 11 is 13.7. The van der Waals surface area contributed by atoms with E-state index < -0.39 is 0 Å². The van der Waals surface area contributed by atoms with Crippen LogP contribution in [0.3, 0.4) is 0 Å². The Hall–Kier alpha value is 0.110. The molecule has 0 aromatic heterocycles. The highest BCUT2D eigenvalue weighted by molar-refractivity contribution is 8.00. The predicted octanol–water partition coefficient (Wildman–Crippen LogP) is 4.85. The molecule has 0 amide bonds. The minimum absolute atomic E-state index is 0.120. The summed E-state index contributed by atoms with van der Waals surface area (Å²) in [7, 11) is 0. The van der Waals surface area contributed by atoms with Crippen LogP contribution in [0.1, 0.15) is 27.7 Å². The van der Waals surface area contributed by atoms with E-state index in [-0.39, 0.29) is 11.5 Å². The van der Waals surface area contributed by atoms with Crippen LogP contribution >= 0.6 is 35.0 Å². The Balaban J connectivity index is 2.91. The summed E-state index contributed by atoms with van der Waals surface area (Å²) in [5, 5.41) is 1.51. The molecule has 1 rings (SSSR count). The van der Waals surface area contributed by atoms with E-state index in [0.29, 0.717) is 15.3 Å². The molecule has 0 aliphatic carbocycles. The molecule has 17 heavy (non-hydrogen) atoms. The predicted molar refractivity (Wildman–Crippen MR) is 79.2 cm³/mol. The van der Waals surface area contributed by atoms with Crippen LogP contribution in [0.2, 0.25) is 10.0 Å². The molecule has 96 valence electrons. The van der Waals surface area contributed by atoms with Crippen LogP contribution < -0.4 is 5.73 Å². The molecule has 1 nitrogen and oxygen atoms in total. The summed E-state index contributed by atoms with van der Waals surface area (Å²) in [6, 6.07) is 5.83. The third-order valence-electron chi connectivity index (χ3n) is 2.49. The number of rotatable bonds is 3. The number of hydrogen-bond acceptors (Lipinski definition) is 2. The van der Waals surface area contributed by atoms with Crippen molar-refractivity contribution < 1.29 is 0 Å². The summed E-state index contributed by atoms with van der Waals surface area (Å²) in [4.78, 5) is 1.11. The molecule has 0 aliphatic rings. The molecule has 0 saturated heterocycles. The topological polar surface area (TPSA) is 26.0 Å². The van der Waals surface area contributed by atoms with Gasteiger partial charge in [-0.3, -0.25) is 0 Å². The second kappa shape index (κ2) is 5.83. The second-order valence-electron chi connectivity index (χ2n) is 5.34. The molecule has 0 aliphatic heterocycles. The van der Waals surface area contributed by atoms with Crippen LogP contribution in [0.15, 0.2) is 23.1 Å². The maximum absolute atomic E-state index is 6.06. The van der Waals surface area contributed by atoms with Gasteiger partial charge in [-0.25, -0.2) is 0 Å². The number of benzene rings is 1. The van der Waals surface area contributed by atoms with Gasteiger partial charge in [-0.1, -0.05) is 44.0 Å². The molecular formula is C13H19Cl2NS. The van der Waals surface area contributed by atoms with E-state index in [9.17, 15) is 0 Å². The summed E-state index contributed by atoms with van der Waals surface area (Å²) in [5.74, 6) is 0. The van der Waals surface area contributed by atoms with Gasteiger partial charge in [-0.05, 0) is 30.5 Å². The number of thioether (sulfide) groups is 1. The molecule has 0 heterocycles. The highest BCUT2D eigenvalue weighted by Gasteiger charge is 2.28. The Morgan fingerprint density at radius 2 is 1.76 bits per heavy atom. The normalized spacial score (nSPS) is 15.7. The van der Waals surface area contributed by atoms with Crippen molar-refractivity contribution in [3.05, 3.63) is 28.2 Å². The van der Waals surface area contributed by atoms with Crippen molar-refractivity contribution in [3.63, 3.8) is 0 Å². The summed E-state index contributed by atoms with van der Waals surface area (Å²) in [5.41, 5.74) is 6.20. The Bertz CT molecular complexity index is 385. The first kappa shape index (κ1) is 15.2. The lowest BCUT2D eigenvalue weighted by molar-refractivity contribution is 0.363. The van der Waals surface area contributed by atoms with Crippen LogP contribution in [0.5, 0.6) is 0 Å². The van der Waals surface area contributed by atoms with Crippen molar-refractivity contribution in [3.8, 4) is 0 Å². The van der Waals surface area contributed by atoms with Crippen molar-refractivity contribution in [2.24, 2.45) is 11.1 Å². The molecule has 1 aromatic carbocycles. The van der Waals surface area contributed by atoms with Gasteiger partial charge in [0.1, 0.15) is 0 Å². The molecule has 0 spiro atoms. The zero-order chi connectivity index (χ0) is 13.2. The third kappa shape index (κ3) is 4.36. The van der Waals surface area contributed by atoms with Gasteiger partial charge in [0.15, 0.2) is 0 Å². The van der Waals surface area contributed by atoms with Crippen molar-refractivity contribution in [1.82, 2.24) is 0 Å². The standard InChI is InChI=1S/C13H19Cl2NS/c1-8(16)12(13(2,3)4)17-9-5-6-10(14)11(15)7-9/h5-8,12H,16H2,1-4H3. The van der Waals surface area contributed by atoms with E-state index >= 15 is 0 Å². The van der Waals surface area contributed by atoms with Crippen LogP contribution in [-0.2, 0) is 0 Å². The van der Waals surface area contributed by atoms with Gasteiger partial charge in [-0.15, -0.1) is 11.8 Å². The monoisotopic (exact) mass is 291 g/mol. The minimum atomic E-state index is 0.120. The highest BCUT2D eigenvalue weighted by atomic mass is 35.5. The fourth-order valence-electron chi connectivity index (χ4n) is 1.77. The van der Waals surface area contributed by atoms with E-state index in [0.717, 1.165) is 4.90 Å². The van der Waals surface area contributed by atoms with E-state index in [1.54, 1.807) is 11.8 Å². The lowest BCUT2D eigenvalue weighted by Gasteiger charge is -2.33. The van der Waals surface area contributed by atoms with E-state index in [1.165, 1.54) is 0 Å². The van der Waals surface area contributed by atoms with Crippen molar-refractivity contribution in [2.45, 2.75) is 43.9 Å². The summed E-state index contributed by atoms with van der Waals surface area (Å²) in [6.07, 6.45) is 0. The Morgan fingerprint density at radius 3 is 2.18 bits per heavy atom. The van der Waals surface area contributed by atoms with Crippen molar-refractivity contribution in [1.29, 1.82) is 0 Å². The fourth-order valence-corrected chi connectivity index (χ4v) is 3.33. The molecule has 0 fully saturated rings. The molecule has 2 unspecified atom stereocenters. The Morgan fingerprint density at radius 1 is 1.18 bits per heavy atom. The number of halogens is 2. The zero-order valence-corrected chi connectivity index (χ0v) is 13.0. The molecule has 4 heteroatoms. The number of nitrogens with two attached hydrogens (primary N) is 1. The Kier molecular flexibility index (Phi) is 5.21. The zero-order valence-electron chi connectivity index (χ0n) is 10.6. The van der Waals surface area contributed by atoms with Gasteiger partial charge in [-0.2, -0.15) is 0 Å². The SMILES string of the molecule is CC(N)C(Sc1ccc(Cl)c(Cl)c1)C(C)(C)C. The smallest absolute Gasteiger partial charge is 0.0603 e. The Labute approximate surface area is 118 Å². The first-order chi connectivity index (χ1) is 7.71. The largest absolute Gasteiger partial charge is 0.327 e. The lowest BCUT2D eigenvalue weighted by atomic mass is 9.88. The molecular weight excluding hydrogens is 273 g/mol. The van der Waals surface area contributed by atoms with E-state index in [2.05, 4.69) is 20.8 Å². The minimum Gasteiger partial charge on any atom is -0.327 e. The average molecular weight is 292 g/mol. The van der Waals surface area contributed by atoms with Crippen LogP contribution in [0, 0.1) is 5.41 Å². The summed E-state index contributed by atoms with van der Waals surface area (Å²) < 4.78 is 0.